The molecule has 0 aliphatic rings. The molecule has 2 aromatic carbocycles. The Kier molecular flexibility index (Phi) is 4.97. The van der Waals surface area contributed by atoms with Crippen molar-refractivity contribution in [1.82, 2.24) is 9.38 Å². The molecule has 144 valence electrons. The lowest BCUT2D eigenvalue weighted by Crippen LogP contribution is -2.13. The van der Waals surface area contributed by atoms with E-state index in [-0.39, 0.29) is 5.91 Å². The van der Waals surface area contributed by atoms with Crippen molar-refractivity contribution in [2.45, 2.75) is 6.92 Å². The number of thiazole rings is 1. The lowest BCUT2D eigenvalue weighted by atomic mass is 10.2. The molecule has 0 aliphatic heterocycles. The number of hydrogen-bond acceptors (Lipinski definition) is 5. The number of nitriles is 1. The van der Waals surface area contributed by atoms with Crippen molar-refractivity contribution < 1.29 is 9.53 Å². The number of hydrogen-bond donors (Lipinski definition) is 1. The molecule has 4 aromatic rings. The number of anilines is 1. The molecule has 0 aliphatic carbocycles. The highest BCUT2D eigenvalue weighted by molar-refractivity contribution is 7.19. The summed E-state index contributed by atoms with van der Waals surface area (Å²) in [6, 6.07) is 14.5. The van der Waals surface area contributed by atoms with Gasteiger partial charge in [0.15, 0.2) is 4.96 Å². The predicted molar refractivity (Wildman–Crippen MR) is 114 cm³/mol. The normalized spacial score (nSPS) is 10.7. The minimum absolute atomic E-state index is 0.303. The summed E-state index contributed by atoms with van der Waals surface area (Å²) >= 11 is 7.29. The second-order valence-electron chi connectivity index (χ2n) is 6.28. The van der Waals surface area contributed by atoms with Gasteiger partial charge < -0.3 is 10.1 Å². The first-order valence-electron chi connectivity index (χ1n) is 8.64. The Labute approximate surface area is 176 Å². The van der Waals surface area contributed by atoms with Crippen molar-refractivity contribution in [1.29, 1.82) is 5.26 Å². The van der Waals surface area contributed by atoms with Gasteiger partial charge in [-0.05, 0) is 49.4 Å². The zero-order chi connectivity index (χ0) is 20.5. The average molecular weight is 423 g/mol. The van der Waals surface area contributed by atoms with Crippen LogP contribution in [0.2, 0.25) is 5.02 Å². The molecule has 29 heavy (non-hydrogen) atoms. The summed E-state index contributed by atoms with van der Waals surface area (Å²) < 4.78 is 7.08. The Balaban J connectivity index is 1.64. The van der Waals surface area contributed by atoms with Gasteiger partial charge in [0.25, 0.3) is 5.91 Å². The molecule has 2 heterocycles. The Morgan fingerprint density at radius 3 is 2.69 bits per heavy atom. The number of benzene rings is 2. The standard InChI is InChI=1S/C21H15ClN4O2S/c1-12-19(20(27)24-17-9-15(22)6-3-14(17)10-23)29-21-25-18(11-26(12)21)13-4-7-16(28-2)8-5-13/h3-9,11H,1-2H3,(H,24,27). The molecule has 1 N–H and O–H groups in total. The molecule has 0 fully saturated rings. The maximum Gasteiger partial charge on any atom is 0.267 e. The monoisotopic (exact) mass is 422 g/mol. The Bertz CT molecular complexity index is 1270. The topological polar surface area (TPSA) is 79.4 Å². The van der Waals surface area contributed by atoms with Crippen LogP contribution in [0.4, 0.5) is 5.69 Å². The number of nitrogens with zero attached hydrogens (tertiary/aromatic N) is 3. The number of fused-ring (bicyclic) bond motifs is 1. The van der Waals surface area contributed by atoms with E-state index in [1.54, 1.807) is 25.3 Å². The van der Waals surface area contributed by atoms with E-state index in [2.05, 4.69) is 16.4 Å². The number of aromatic nitrogens is 2. The van der Waals surface area contributed by atoms with Crippen molar-refractivity contribution in [3.05, 3.63) is 69.8 Å². The minimum Gasteiger partial charge on any atom is -0.497 e. The summed E-state index contributed by atoms with van der Waals surface area (Å²) in [6.45, 7) is 1.86. The Hall–Kier alpha value is -3.34. The first kappa shape index (κ1) is 19.0. The van der Waals surface area contributed by atoms with Gasteiger partial charge >= 0.3 is 0 Å². The minimum atomic E-state index is -0.303. The van der Waals surface area contributed by atoms with Crippen LogP contribution in [-0.2, 0) is 0 Å². The van der Waals surface area contributed by atoms with Crippen molar-refractivity contribution >= 4 is 39.5 Å². The van der Waals surface area contributed by atoms with E-state index < -0.39 is 0 Å². The second-order valence-corrected chi connectivity index (χ2v) is 7.69. The number of aryl methyl sites for hydroxylation is 1. The third kappa shape index (κ3) is 3.56. The zero-order valence-electron chi connectivity index (χ0n) is 15.6. The molecule has 0 spiro atoms. The van der Waals surface area contributed by atoms with Crippen LogP contribution in [0.15, 0.2) is 48.7 Å². The van der Waals surface area contributed by atoms with Crippen LogP contribution in [0.25, 0.3) is 16.2 Å². The molecular weight excluding hydrogens is 408 g/mol. The van der Waals surface area contributed by atoms with E-state index in [0.717, 1.165) is 22.7 Å². The Morgan fingerprint density at radius 1 is 1.28 bits per heavy atom. The number of nitrogens with one attached hydrogen (secondary N) is 1. The molecule has 0 bridgehead atoms. The maximum atomic E-state index is 12.8. The van der Waals surface area contributed by atoms with Gasteiger partial charge in [0.1, 0.15) is 16.7 Å². The third-order valence-electron chi connectivity index (χ3n) is 4.50. The highest BCUT2D eigenvalue weighted by atomic mass is 35.5. The number of imidazole rings is 1. The molecule has 0 radical (unpaired) electrons. The summed E-state index contributed by atoms with van der Waals surface area (Å²) in [4.78, 5) is 18.7. The van der Waals surface area contributed by atoms with Gasteiger partial charge in [0.05, 0.1) is 24.1 Å². The van der Waals surface area contributed by atoms with Crippen molar-refractivity contribution in [2.75, 3.05) is 12.4 Å². The van der Waals surface area contributed by atoms with Crippen LogP contribution in [0.1, 0.15) is 20.9 Å². The number of rotatable bonds is 4. The number of methoxy groups -OCH3 is 1. The van der Waals surface area contributed by atoms with E-state index in [9.17, 15) is 10.1 Å². The average Bonchev–Trinajstić information content (AvgIpc) is 3.28. The van der Waals surface area contributed by atoms with E-state index in [4.69, 9.17) is 16.3 Å². The number of carbonyl (C=O) groups excluding carboxylic acids is 1. The molecule has 0 atom stereocenters. The van der Waals surface area contributed by atoms with Gasteiger partial charge in [-0.15, -0.1) is 0 Å². The van der Waals surface area contributed by atoms with Crippen LogP contribution in [0.3, 0.4) is 0 Å². The SMILES string of the molecule is COc1ccc(-c2cn3c(C)c(C(=O)Nc4cc(Cl)ccc4C#N)sc3n2)cc1. The lowest BCUT2D eigenvalue weighted by Gasteiger charge is -2.07. The van der Waals surface area contributed by atoms with Gasteiger partial charge in [0.2, 0.25) is 0 Å². The van der Waals surface area contributed by atoms with Crippen LogP contribution < -0.4 is 10.1 Å². The second kappa shape index (κ2) is 7.59. The number of amides is 1. The van der Waals surface area contributed by atoms with Crippen LogP contribution in [-0.4, -0.2) is 22.4 Å². The van der Waals surface area contributed by atoms with E-state index >= 15 is 0 Å². The van der Waals surface area contributed by atoms with Crippen molar-refractivity contribution in [3.63, 3.8) is 0 Å². The number of carbonyl (C=O) groups is 1. The molecule has 0 unspecified atom stereocenters. The smallest absolute Gasteiger partial charge is 0.267 e. The molecule has 2 aromatic heterocycles. The third-order valence-corrected chi connectivity index (χ3v) is 5.89. The lowest BCUT2D eigenvalue weighted by molar-refractivity contribution is 0.102. The summed E-state index contributed by atoms with van der Waals surface area (Å²) in [7, 11) is 1.63. The van der Waals surface area contributed by atoms with Crippen molar-refractivity contribution in [2.24, 2.45) is 0 Å². The van der Waals surface area contributed by atoms with Gasteiger partial charge in [0, 0.05) is 22.5 Å². The van der Waals surface area contributed by atoms with E-state index in [0.29, 0.717) is 26.1 Å². The first-order chi connectivity index (χ1) is 14.0. The van der Waals surface area contributed by atoms with Gasteiger partial charge in [-0.1, -0.05) is 22.9 Å². The molecule has 0 saturated heterocycles. The molecule has 6 nitrogen and oxygen atoms in total. The Morgan fingerprint density at radius 2 is 2.03 bits per heavy atom. The summed E-state index contributed by atoms with van der Waals surface area (Å²) in [6.07, 6.45) is 1.90. The fourth-order valence-electron chi connectivity index (χ4n) is 2.96. The molecule has 1 amide bonds. The first-order valence-corrected chi connectivity index (χ1v) is 9.83. The highest BCUT2D eigenvalue weighted by Crippen LogP contribution is 2.29. The fraction of sp³-hybridized carbons (Fsp3) is 0.0952. The van der Waals surface area contributed by atoms with Crippen LogP contribution in [0, 0.1) is 18.3 Å². The van der Waals surface area contributed by atoms with Crippen LogP contribution >= 0.6 is 22.9 Å². The van der Waals surface area contributed by atoms with E-state index in [1.165, 1.54) is 11.3 Å². The van der Waals surface area contributed by atoms with Gasteiger partial charge in [-0.3, -0.25) is 9.20 Å². The largest absolute Gasteiger partial charge is 0.497 e. The molecular formula is C21H15ClN4O2S. The quantitative estimate of drug-likeness (QED) is 0.492. The summed E-state index contributed by atoms with van der Waals surface area (Å²) in [5.41, 5.74) is 3.29. The van der Waals surface area contributed by atoms with E-state index in [1.807, 2.05) is 41.8 Å². The fourth-order valence-corrected chi connectivity index (χ4v) is 4.13. The number of halogens is 1. The van der Waals surface area contributed by atoms with Gasteiger partial charge in [-0.2, -0.15) is 5.26 Å². The van der Waals surface area contributed by atoms with Crippen LogP contribution in [0.5, 0.6) is 5.75 Å². The molecule has 0 saturated carbocycles. The summed E-state index contributed by atoms with van der Waals surface area (Å²) in [5.74, 6) is 0.477. The molecule has 4 rings (SSSR count). The summed E-state index contributed by atoms with van der Waals surface area (Å²) in [5, 5.41) is 12.5. The maximum absolute atomic E-state index is 12.8. The zero-order valence-corrected chi connectivity index (χ0v) is 17.1. The predicted octanol–water partition coefficient (Wildman–Crippen LogP) is 5.16. The number of ether oxygens (including phenoxy) is 1. The van der Waals surface area contributed by atoms with Gasteiger partial charge in [-0.25, -0.2) is 4.98 Å². The highest BCUT2D eigenvalue weighted by Gasteiger charge is 2.19. The van der Waals surface area contributed by atoms with Crippen molar-refractivity contribution in [3.8, 4) is 23.1 Å². The molecule has 8 heteroatoms.